The maximum absolute atomic E-state index is 12.3. The number of ether oxygens (including phenoxy) is 2. The van der Waals surface area contributed by atoms with Gasteiger partial charge < -0.3 is 9.47 Å². The molecule has 170 valence electrons. The van der Waals surface area contributed by atoms with Crippen molar-refractivity contribution in [3.8, 4) is 0 Å². The molecule has 0 spiro atoms. The molecule has 0 radical (unpaired) electrons. The van der Waals surface area contributed by atoms with E-state index in [9.17, 15) is 9.59 Å². The molecule has 8 atom stereocenters. The van der Waals surface area contributed by atoms with Crippen LogP contribution in [0.15, 0.2) is 0 Å². The Morgan fingerprint density at radius 2 is 1.67 bits per heavy atom. The first kappa shape index (κ1) is 22.1. The van der Waals surface area contributed by atoms with Crippen LogP contribution in [0, 0.1) is 40.4 Å². The second kappa shape index (κ2) is 8.47. The van der Waals surface area contributed by atoms with Gasteiger partial charge in [-0.2, -0.15) is 0 Å². The Labute approximate surface area is 182 Å². The fraction of sp³-hybridized carbons (Fsp3) is 0.923. The lowest BCUT2D eigenvalue weighted by molar-refractivity contribution is -0.140. The van der Waals surface area contributed by atoms with E-state index in [-0.39, 0.29) is 17.4 Å². The molecule has 4 heteroatoms. The quantitative estimate of drug-likeness (QED) is 0.375. The van der Waals surface area contributed by atoms with Crippen molar-refractivity contribution in [2.75, 3.05) is 6.61 Å². The van der Waals surface area contributed by atoms with Gasteiger partial charge in [-0.25, -0.2) is 4.79 Å². The molecule has 30 heavy (non-hydrogen) atoms. The van der Waals surface area contributed by atoms with Gasteiger partial charge in [0.2, 0.25) is 0 Å². The van der Waals surface area contributed by atoms with Crippen molar-refractivity contribution in [3.05, 3.63) is 0 Å². The molecule has 4 rings (SSSR count). The van der Waals surface area contributed by atoms with Crippen LogP contribution in [0.1, 0.15) is 98.3 Å². The molecule has 0 amide bonds. The third kappa shape index (κ3) is 3.71. The van der Waals surface area contributed by atoms with E-state index >= 15 is 0 Å². The van der Waals surface area contributed by atoms with Crippen LogP contribution in [-0.4, -0.2) is 24.6 Å². The molecule has 0 aromatic rings. The first-order chi connectivity index (χ1) is 14.3. The number of fused-ring (bicyclic) bond motifs is 5. The minimum absolute atomic E-state index is 0.0242. The molecule has 0 N–H and O–H groups in total. The van der Waals surface area contributed by atoms with Crippen molar-refractivity contribution >= 4 is 11.9 Å². The van der Waals surface area contributed by atoms with E-state index in [0.717, 1.165) is 56.3 Å². The summed E-state index contributed by atoms with van der Waals surface area (Å²) < 4.78 is 10.9. The zero-order chi connectivity index (χ0) is 21.5. The summed E-state index contributed by atoms with van der Waals surface area (Å²) in [6.45, 7) is 9.33. The second-order valence-corrected chi connectivity index (χ2v) is 11.4. The number of carbonyl (C=O) groups is 2. The summed E-state index contributed by atoms with van der Waals surface area (Å²) in [7, 11) is 0. The fourth-order valence-electron chi connectivity index (χ4n) is 8.46. The summed E-state index contributed by atoms with van der Waals surface area (Å²) in [4.78, 5) is 24.3. The summed E-state index contributed by atoms with van der Waals surface area (Å²) in [5, 5.41) is 0. The Kier molecular flexibility index (Phi) is 6.25. The van der Waals surface area contributed by atoms with Gasteiger partial charge in [0, 0.05) is 5.92 Å². The van der Waals surface area contributed by atoms with Crippen molar-refractivity contribution in [3.63, 3.8) is 0 Å². The van der Waals surface area contributed by atoms with Gasteiger partial charge in [0.05, 0.1) is 6.61 Å². The van der Waals surface area contributed by atoms with E-state index in [1.54, 1.807) is 0 Å². The number of carbonyl (C=O) groups excluding carboxylic acids is 2. The van der Waals surface area contributed by atoms with E-state index in [1.165, 1.54) is 32.1 Å². The molecule has 4 aliphatic carbocycles. The molecular formula is C26H42O4. The van der Waals surface area contributed by atoms with Crippen LogP contribution in [0.5, 0.6) is 0 Å². The van der Waals surface area contributed by atoms with E-state index in [0.29, 0.717) is 23.7 Å². The molecular weight excluding hydrogens is 376 g/mol. The SMILES string of the molecule is CCCCOC(=O)O[C@@H]1CC[C@@]2(C)[C@@H](CC[C@@H]3[C@@H]2CC[C@]2(C)[C@@H](C(C)=O)CC[C@@H]32)C1. The van der Waals surface area contributed by atoms with Gasteiger partial charge >= 0.3 is 6.16 Å². The predicted octanol–water partition coefficient (Wildman–Crippen LogP) is 6.56. The highest BCUT2D eigenvalue weighted by Crippen LogP contribution is 2.67. The Balaban J connectivity index is 1.40. The lowest BCUT2D eigenvalue weighted by Crippen LogP contribution is -2.54. The molecule has 4 fully saturated rings. The maximum Gasteiger partial charge on any atom is 0.508 e. The summed E-state index contributed by atoms with van der Waals surface area (Å²) in [6, 6.07) is 0. The number of hydrogen-bond acceptors (Lipinski definition) is 4. The van der Waals surface area contributed by atoms with Gasteiger partial charge in [0.15, 0.2) is 0 Å². The zero-order valence-electron chi connectivity index (χ0n) is 19.6. The first-order valence-electron chi connectivity index (χ1n) is 12.6. The lowest BCUT2D eigenvalue weighted by Gasteiger charge is -2.61. The molecule has 0 aromatic heterocycles. The van der Waals surface area contributed by atoms with Crippen molar-refractivity contribution in [2.24, 2.45) is 40.4 Å². The highest BCUT2D eigenvalue weighted by Gasteiger charge is 2.60. The normalized spacial score (nSPS) is 45.1. The number of unbranched alkanes of at least 4 members (excludes halogenated alkanes) is 1. The summed E-state index contributed by atoms with van der Waals surface area (Å²) in [5.41, 5.74) is 0.600. The highest BCUT2D eigenvalue weighted by molar-refractivity contribution is 5.79. The van der Waals surface area contributed by atoms with Crippen LogP contribution >= 0.6 is 0 Å². The zero-order valence-corrected chi connectivity index (χ0v) is 19.6. The second-order valence-electron chi connectivity index (χ2n) is 11.4. The molecule has 0 aromatic carbocycles. The van der Waals surface area contributed by atoms with Gasteiger partial charge in [-0.3, -0.25) is 4.79 Å². The van der Waals surface area contributed by atoms with E-state index in [2.05, 4.69) is 20.8 Å². The number of ketones is 1. The first-order valence-corrected chi connectivity index (χ1v) is 12.6. The standard InChI is InChI=1S/C26H42O4/c1-5-6-15-29-24(28)30-19-11-13-25(3)18(16-19)7-8-20-22-10-9-21(17(2)27)26(22,4)14-12-23(20)25/h18-23H,5-16H2,1-4H3/t18-,19+,20-,21+,22-,23-,25-,26+/m0/s1. The number of hydrogen-bond donors (Lipinski definition) is 0. The Hall–Kier alpha value is -1.06. The van der Waals surface area contributed by atoms with Crippen molar-refractivity contribution in [1.29, 1.82) is 0 Å². The van der Waals surface area contributed by atoms with Gasteiger partial charge in [-0.15, -0.1) is 0 Å². The Morgan fingerprint density at radius 1 is 0.933 bits per heavy atom. The smallest absolute Gasteiger partial charge is 0.434 e. The van der Waals surface area contributed by atoms with Crippen molar-refractivity contribution in [1.82, 2.24) is 0 Å². The third-order valence-electron chi connectivity index (χ3n) is 10.1. The van der Waals surface area contributed by atoms with Crippen molar-refractivity contribution < 1.29 is 19.1 Å². The van der Waals surface area contributed by atoms with Crippen LogP contribution in [0.3, 0.4) is 0 Å². The molecule has 0 bridgehead atoms. The molecule has 0 heterocycles. The van der Waals surface area contributed by atoms with Crippen LogP contribution < -0.4 is 0 Å². The minimum atomic E-state index is -0.472. The van der Waals surface area contributed by atoms with E-state index in [1.807, 2.05) is 6.92 Å². The molecule has 4 nitrogen and oxygen atoms in total. The molecule has 4 aliphatic rings. The van der Waals surface area contributed by atoms with Gasteiger partial charge in [0.25, 0.3) is 0 Å². The average Bonchev–Trinajstić information content (AvgIpc) is 3.06. The Morgan fingerprint density at radius 3 is 2.40 bits per heavy atom. The lowest BCUT2D eigenvalue weighted by atomic mass is 9.44. The van der Waals surface area contributed by atoms with Crippen LogP contribution in [0.2, 0.25) is 0 Å². The van der Waals surface area contributed by atoms with Crippen molar-refractivity contribution in [2.45, 2.75) is 104 Å². The molecule has 4 saturated carbocycles. The fourth-order valence-corrected chi connectivity index (χ4v) is 8.46. The van der Waals surface area contributed by atoms with E-state index in [4.69, 9.17) is 9.47 Å². The van der Waals surface area contributed by atoms with Crippen LogP contribution in [0.25, 0.3) is 0 Å². The molecule has 0 aliphatic heterocycles. The van der Waals surface area contributed by atoms with Crippen LogP contribution in [0.4, 0.5) is 4.79 Å². The minimum Gasteiger partial charge on any atom is -0.434 e. The largest absolute Gasteiger partial charge is 0.508 e. The number of Topliss-reactive ketones (excluding diaryl/α,β-unsaturated/α-hetero) is 1. The molecule has 0 saturated heterocycles. The Bertz CT molecular complexity index is 659. The summed E-state index contributed by atoms with van der Waals surface area (Å²) in [5.74, 6) is 3.64. The third-order valence-corrected chi connectivity index (χ3v) is 10.1. The van der Waals surface area contributed by atoms with E-state index < -0.39 is 6.16 Å². The van der Waals surface area contributed by atoms with Crippen LogP contribution in [-0.2, 0) is 14.3 Å². The average molecular weight is 419 g/mol. The topological polar surface area (TPSA) is 52.6 Å². The van der Waals surface area contributed by atoms with Gasteiger partial charge in [-0.1, -0.05) is 27.2 Å². The number of rotatable bonds is 5. The monoisotopic (exact) mass is 418 g/mol. The van der Waals surface area contributed by atoms with Gasteiger partial charge in [-0.05, 0) is 106 Å². The predicted molar refractivity (Wildman–Crippen MR) is 117 cm³/mol. The summed E-state index contributed by atoms with van der Waals surface area (Å²) in [6.07, 6.45) is 12.0. The summed E-state index contributed by atoms with van der Waals surface area (Å²) >= 11 is 0. The maximum atomic E-state index is 12.3. The highest BCUT2D eigenvalue weighted by atomic mass is 16.7. The van der Waals surface area contributed by atoms with Gasteiger partial charge in [0.1, 0.15) is 11.9 Å². The molecule has 0 unspecified atom stereocenters.